The Morgan fingerprint density at radius 1 is 1.17 bits per heavy atom. The maximum Gasteiger partial charge on any atom is 0.139 e. The summed E-state index contributed by atoms with van der Waals surface area (Å²) >= 11 is 3.43. The maximum absolute atomic E-state index is 10.5. The normalized spacial score (nSPS) is 14.4. The Bertz CT molecular complexity index is 913. The second-order valence-corrected chi connectivity index (χ2v) is 7.01. The molecule has 1 aliphatic rings. The quantitative estimate of drug-likeness (QED) is 0.615. The van der Waals surface area contributed by atoms with E-state index in [0.717, 1.165) is 47.1 Å². The Morgan fingerprint density at radius 2 is 1.96 bits per heavy atom. The van der Waals surface area contributed by atoms with Crippen LogP contribution in [0.25, 0.3) is 11.0 Å². The number of rotatable bonds is 3. The van der Waals surface area contributed by atoms with Gasteiger partial charge in [-0.3, -0.25) is 4.99 Å². The zero-order valence-electron chi connectivity index (χ0n) is 13.3. The first kappa shape index (κ1) is 15.5. The van der Waals surface area contributed by atoms with Gasteiger partial charge >= 0.3 is 0 Å². The molecule has 4 rings (SSSR count). The molecule has 0 spiro atoms. The van der Waals surface area contributed by atoms with Crippen molar-refractivity contribution in [3.8, 4) is 5.75 Å². The minimum absolute atomic E-state index is 0.230. The third kappa shape index (κ3) is 2.75. The Hall–Kier alpha value is -2.07. The number of aliphatic imine (C=N–C) groups is 1. The summed E-state index contributed by atoms with van der Waals surface area (Å²) in [5.41, 5.74) is 3.96. The second-order valence-electron chi connectivity index (χ2n) is 6.16. The molecular weight excluding hydrogens is 366 g/mol. The first-order valence-electron chi connectivity index (χ1n) is 8.23. The number of furan rings is 1. The van der Waals surface area contributed by atoms with E-state index < -0.39 is 0 Å². The highest BCUT2D eigenvalue weighted by molar-refractivity contribution is 9.10. The molecule has 24 heavy (non-hydrogen) atoms. The number of aromatic hydroxyl groups is 1. The van der Waals surface area contributed by atoms with Crippen LogP contribution in [-0.2, 0) is 19.4 Å². The van der Waals surface area contributed by atoms with Crippen LogP contribution in [0.4, 0.5) is 0 Å². The van der Waals surface area contributed by atoms with Gasteiger partial charge < -0.3 is 9.52 Å². The third-order valence-electron chi connectivity index (χ3n) is 4.54. The molecule has 0 saturated carbocycles. The van der Waals surface area contributed by atoms with Crippen molar-refractivity contribution >= 4 is 33.1 Å². The van der Waals surface area contributed by atoms with Crippen LogP contribution in [0.15, 0.2) is 50.3 Å². The molecule has 122 valence electrons. The van der Waals surface area contributed by atoms with Gasteiger partial charge in [-0.25, -0.2) is 0 Å². The Morgan fingerprint density at radius 3 is 2.79 bits per heavy atom. The van der Waals surface area contributed by atoms with Gasteiger partial charge in [0, 0.05) is 29.1 Å². The van der Waals surface area contributed by atoms with E-state index in [1.54, 1.807) is 6.21 Å². The summed E-state index contributed by atoms with van der Waals surface area (Å²) in [6.07, 6.45) is 6.09. The molecule has 0 bridgehead atoms. The van der Waals surface area contributed by atoms with Crippen molar-refractivity contribution < 1.29 is 9.52 Å². The molecule has 1 heterocycles. The maximum atomic E-state index is 10.5. The van der Waals surface area contributed by atoms with Crippen LogP contribution in [0.3, 0.4) is 0 Å². The van der Waals surface area contributed by atoms with Gasteiger partial charge in [0.1, 0.15) is 17.1 Å². The molecule has 1 aromatic heterocycles. The van der Waals surface area contributed by atoms with Crippen molar-refractivity contribution in [2.24, 2.45) is 4.99 Å². The first-order chi connectivity index (χ1) is 11.7. The second kappa shape index (κ2) is 6.44. The van der Waals surface area contributed by atoms with Crippen molar-refractivity contribution in [2.75, 3.05) is 0 Å². The molecule has 2 aromatic carbocycles. The van der Waals surface area contributed by atoms with E-state index in [0.29, 0.717) is 11.0 Å². The fourth-order valence-electron chi connectivity index (χ4n) is 3.37. The number of phenols is 1. The van der Waals surface area contributed by atoms with E-state index in [9.17, 15) is 5.11 Å². The predicted molar refractivity (Wildman–Crippen MR) is 100.0 cm³/mol. The minimum Gasteiger partial charge on any atom is -0.506 e. The van der Waals surface area contributed by atoms with Crippen LogP contribution >= 0.6 is 15.9 Å². The van der Waals surface area contributed by atoms with Gasteiger partial charge in [-0.2, -0.15) is 0 Å². The van der Waals surface area contributed by atoms with Gasteiger partial charge in [-0.05, 0) is 46.8 Å². The van der Waals surface area contributed by atoms with Crippen LogP contribution in [0.2, 0.25) is 0 Å². The number of fused-ring (bicyclic) bond motifs is 3. The number of hydrogen-bond acceptors (Lipinski definition) is 3. The molecular formula is C20H18BrNO2. The smallest absolute Gasteiger partial charge is 0.139 e. The number of phenolic OH excluding ortho intramolecular Hbond substituents is 1. The van der Waals surface area contributed by atoms with Crippen molar-refractivity contribution in [2.45, 2.75) is 32.2 Å². The molecule has 4 heteroatoms. The molecule has 1 aliphatic carbocycles. The molecule has 1 N–H and O–H groups in total. The summed E-state index contributed by atoms with van der Waals surface area (Å²) in [5.74, 6) is 1.29. The van der Waals surface area contributed by atoms with Gasteiger partial charge in [0.25, 0.3) is 0 Å². The zero-order valence-corrected chi connectivity index (χ0v) is 14.8. The summed E-state index contributed by atoms with van der Waals surface area (Å²) < 4.78 is 6.67. The molecule has 3 nitrogen and oxygen atoms in total. The SMILES string of the molecule is Oc1c(Br)cc2oc3c(c2c1C=NCc1ccccc1)CCCC3. The molecule has 0 fully saturated rings. The van der Waals surface area contributed by atoms with E-state index in [2.05, 4.69) is 20.9 Å². The van der Waals surface area contributed by atoms with Crippen LogP contribution in [0, 0.1) is 0 Å². The van der Waals surface area contributed by atoms with Gasteiger partial charge in [-0.15, -0.1) is 0 Å². The average Bonchev–Trinajstić information content (AvgIpc) is 2.97. The van der Waals surface area contributed by atoms with Crippen LogP contribution < -0.4 is 0 Å². The van der Waals surface area contributed by atoms with E-state index in [1.165, 1.54) is 12.0 Å². The monoisotopic (exact) mass is 383 g/mol. The van der Waals surface area contributed by atoms with Gasteiger partial charge in [-0.1, -0.05) is 30.3 Å². The summed E-state index contributed by atoms with van der Waals surface area (Å²) in [5, 5.41) is 11.5. The largest absolute Gasteiger partial charge is 0.506 e. The summed E-state index contributed by atoms with van der Waals surface area (Å²) in [7, 11) is 0. The molecule has 0 aliphatic heterocycles. The lowest BCUT2D eigenvalue weighted by Gasteiger charge is -2.10. The molecule has 0 atom stereocenters. The Kier molecular flexibility index (Phi) is 4.15. The number of nitrogens with zero attached hydrogens (tertiary/aromatic N) is 1. The Balaban J connectivity index is 1.78. The lowest BCUT2D eigenvalue weighted by molar-refractivity contribution is 0.471. The van der Waals surface area contributed by atoms with E-state index in [-0.39, 0.29) is 5.75 Å². The molecule has 0 radical (unpaired) electrons. The fourth-order valence-corrected chi connectivity index (χ4v) is 3.79. The van der Waals surface area contributed by atoms with Gasteiger partial charge in [0.2, 0.25) is 0 Å². The van der Waals surface area contributed by atoms with Crippen LogP contribution in [0.5, 0.6) is 5.75 Å². The number of halogens is 1. The average molecular weight is 384 g/mol. The van der Waals surface area contributed by atoms with E-state index >= 15 is 0 Å². The highest BCUT2D eigenvalue weighted by Crippen LogP contribution is 2.40. The highest BCUT2D eigenvalue weighted by Gasteiger charge is 2.22. The predicted octanol–water partition coefficient (Wildman–Crippen LogP) is 5.40. The fraction of sp³-hybridized carbons (Fsp3) is 0.250. The number of hydrogen-bond donors (Lipinski definition) is 1. The van der Waals surface area contributed by atoms with E-state index in [1.807, 2.05) is 36.4 Å². The lowest BCUT2D eigenvalue weighted by Crippen LogP contribution is -2.00. The standard InChI is InChI=1S/C20H18BrNO2/c21-16-10-18-19(14-8-4-5-9-17(14)24-18)15(20(16)23)12-22-11-13-6-2-1-3-7-13/h1-3,6-7,10,12,23H,4-5,8-9,11H2. The topological polar surface area (TPSA) is 45.7 Å². The summed E-state index contributed by atoms with van der Waals surface area (Å²) in [4.78, 5) is 4.54. The molecule has 0 unspecified atom stereocenters. The summed E-state index contributed by atoms with van der Waals surface area (Å²) in [6.45, 7) is 0.592. The van der Waals surface area contributed by atoms with E-state index in [4.69, 9.17) is 4.42 Å². The van der Waals surface area contributed by atoms with Crippen LogP contribution in [0.1, 0.15) is 35.3 Å². The molecule has 0 saturated heterocycles. The van der Waals surface area contributed by atoms with Crippen molar-refractivity contribution in [1.29, 1.82) is 0 Å². The van der Waals surface area contributed by atoms with Gasteiger partial charge in [0.05, 0.1) is 11.0 Å². The van der Waals surface area contributed by atoms with Crippen molar-refractivity contribution in [3.05, 3.63) is 63.3 Å². The minimum atomic E-state index is 0.230. The number of aryl methyl sites for hydroxylation is 2. The van der Waals surface area contributed by atoms with Crippen molar-refractivity contribution in [1.82, 2.24) is 0 Å². The summed E-state index contributed by atoms with van der Waals surface area (Å²) in [6, 6.07) is 12.0. The molecule has 0 amide bonds. The van der Waals surface area contributed by atoms with Gasteiger partial charge in [0.15, 0.2) is 0 Å². The first-order valence-corrected chi connectivity index (χ1v) is 9.03. The number of benzene rings is 2. The third-order valence-corrected chi connectivity index (χ3v) is 5.15. The highest BCUT2D eigenvalue weighted by atomic mass is 79.9. The van der Waals surface area contributed by atoms with Crippen molar-refractivity contribution in [3.63, 3.8) is 0 Å². The van der Waals surface area contributed by atoms with Crippen LogP contribution in [-0.4, -0.2) is 11.3 Å². The molecule has 3 aromatic rings. The zero-order chi connectivity index (χ0) is 16.5. The Labute approximate surface area is 149 Å². The lowest BCUT2D eigenvalue weighted by atomic mass is 9.94.